The minimum absolute atomic E-state index is 0. The number of amides is 1. The third kappa shape index (κ3) is 9.60. The molecule has 0 aliphatic rings. The van der Waals surface area contributed by atoms with Crippen LogP contribution in [-0.4, -0.2) is 62.2 Å². The number of aliphatic hydroxyl groups excluding tert-OH is 1. The van der Waals surface area contributed by atoms with E-state index in [4.69, 9.17) is 9.88 Å². The van der Waals surface area contributed by atoms with Gasteiger partial charge in [-0.25, -0.2) is 13.6 Å². The molecule has 34 heavy (non-hydrogen) atoms. The maximum Gasteiger partial charge on any atom is 0.251 e. The van der Waals surface area contributed by atoms with Crippen LogP contribution < -0.4 is 15.2 Å². The lowest BCUT2D eigenvalue weighted by Crippen LogP contribution is -2.43. The highest BCUT2D eigenvalue weighted by Gasteiger charge is 2.18. The van der Waals surface area contributed by atoms with Crippen molar-refractivity contribution in [2.24, 2.45) is 5.14 Å². The number of hydrogen-bond acceptors (Lipinski definition) is 6. The number of hydrogen-bond donors (Lipinski definition) is 3. The number of ether oxygens (including phenoxy) is 1. The Bertz CT molecular complexity index is 988. The van der Waals surface area contributed by atoms with E-state index in [9.17, 15) is 18.3 Å². The largest absolute Gasteiger partial charge is 0.491 e. The van der Waals surface area contributed by atoms with E-state index in [1.54, 1.807) is 36.4 Å². The molecule has 0 spiro atoms. The lowest BCUT2D eigenvalue weighted by molar-refractivity contribution is 0.0445. The molecule has 0 radical (unpaired) electrons. The molecule has 1 amide bonds. The van der Waals surface area contributed by atoms with Crippen molar-refractivity contribution in [1.82, 2.24) is 10.2 Å². The van der Waals surface area contributed by atoms with Gasteiger partial charge in [0, 0.05) is 30.7 Å². The number of sulfonamides is 1. The monoisotopic (exact) mass is 513 g/mol. The Morgan fingerprint density at radius 3 is 2.09 bits per heavy atom. The van der Waals surface area contributed by atoms with Gasteiger partial charge in [-0.2, -0.15) is 0 Å². The predicted octanol–water partition coefficient (Wildman–Crippen LogP) is 2.59. The molecule has 1 unspecified atom stereocenters. The molecule has 0 saturated heterocycles. The summed E-state index contributed by atoms with van der Waals surface area (Å²) < 4.78 is 28.3. The third-order valence-corrected chi connectivity index (χ3v) is 6.19. The highest BCUT2D eigenvalue weighted by molar-refractivity contribution is 7.89. The van der Waals surface area contributed by atoms with Gasteiger partial charge >= 0.3 is 0 Å². The number of carbonyl (C=O) groups excluding carboxylic acids is 1. The number of carbonyl (C=O) groups is 1. The van der Waals surface area contributed by atoms with Gasteiger partial charge in [-0.3, -0.25) is 9.69 Å². The maximum absolute atomic E-state index is 12.4. The van der Waals surface area contributed by atoms with Crippen molar-refractivity contribution in [1.29, 1.82) is 0 Å². The summed E-state index contributed by atoms with van der Waals surface area (Å²) in [6, 6.07) is 13.7. The standard InChI is InChI=1S/C24H35N3O5S.ClH/c1-17(2)27(18(3)4)15-21(28)16-32-22-9-7-20(8-10-22)24(29)26-14-13-19-5-11-23(12-6-19)33(25,30)31;/h5-12,17-18,21,28H,13-16H2,1-4H3,(H,26,29)(H2,25,30,31);1H. The fourth-order valence-corrected chi connectivity index (χ4v) is 3.99. The van der Waals surface area contributed by atoms with Crippen molar-refractivity contribution in [3.63, 3.8) is 0 Å². The summed E-state index contributed by atoms with van der Waals surface area (Å²) in [4.78, 5) is 14.6. The average Bonchev–Trinajstić information content (AvgIpc) is 2.75. The molecule has 0 heterocycles. The van der Waals surface area contributed by atoms with Crippen LogP contribution in [0.1, 0.15) is 43.6 Å². The number of aliphatic hydroxyl groups is 1. The van der Waals surface area contributed by atoms with Crippen LogP contribution in [0.4, 0.5) is 0 Å². The van der Waals surface area contributed by atoms with Gasteiger partial charge in [0.05, 0.1) is 4.90 Å². The van der Waals surface area contributed by atoms with Crippen LogP contribution in [0.15, 0.2) is 53.4 Å². The van der Waals surface area contributed by atoms with E-state index in [1.165, 1.54) is 12.1 Å². The molecular formula is C24H36ClN3O5S. The van der Waals surface area contributed by atoms with Gasteiger partial charge in [-0.1, -0.05) is 12.1 Å². The molecule has 0 fully saturated rings. The zero-order valence-electron chi connectivity index (χ0n) is 20.1. The van der Waals surface area contributed by atoms with Crippen LogP contribution in [0.5, 0.6) is 5.75 Å². The molecule has 0 aliphatic heterocycles. The molecule has 2 rings (SSSR count). The molecule has 0 aromatic heterocycles. The summed E-state index contributed by atoms with van der Waals surface area (Å²) in [5.41, 5.74) is 1.39. The van der Waals surface area contributed by atoms with Gasteiger partial charge in [0.25, 0.3) is 5.91 Å². The fraction of sp³-hybridized carbons (Fsp3) is 0.458. The first kappa shape index (κ1) is 29.9. The predicted molar refractivity (Wildman–Crippen MR) is 136 cm³/mol. The van der Waals surface area contributed by atoms with Crippen LogP contribution in [0, 0.1) is 0 Å². The van der Waals surface area contributed by atoms with E-state index < -0.39 is 16.1 Å². The summed E-state index contributed by atoms with van der Waals surface area (Å²) in [5, 5.41) is 18.2. The van der Waals surface area contributed by atoms with Gasteiger partial charge < -0.3 is 15.2 Å². The smallest absolute Gasteiger partial charge is 0.251 e. The van der Waals surface area contributed by atoms with E-state index in [-0.39, 0.29) is 29.8 Å². The van der Waals surface area contributed by atoms with Crippen molar-refractivity contribution in [2.45, 2.75) is 57.2 Å². The van der Waals surface area contributed by atoms with E-state index in [0.29, 0.717) is 42.9 Å². The second-order valence-corrected chi connectivity index (χ2v) is 10.1. The second kappa shape index (κ2) is 13.7. The highest BCUT2D eigenvalue weighted by atomic mass is 35.5. The summed E-state index contributed by atoms with van der Waals surface area (Å²) >= 11 is 0. The number of halogens is 1. The molecule has 0 bridgehead atoms. The number of rotatable bonds is 12. The first-order valence-corrected chi connectivity index (χ1v) is 12.6. The van der Waals surface area contributed by atoms with Crippen molar-refractivity contribution in [3.8, 4) is 5.75 Å². The number of benzene rings is 2. The van der Waals surface area contributed by atoms with Crippen molar-refractivity contribution in [2.75, 3.05) is 19.7 Å². The Morgan fingerprint density at radius 2 is 1.59 bits per heavy atom. The number of nitrogens with two attached hydrogens (primary N) is 1. The van der Waals surface area contributed by atoms with Gasteiger partial charge in [0.15, 0.2) is 0 Å². The number of primary sulfonamides is 1. The van der Waals surface area contributed by atoms with Crippen LogP contribution in [0.3, 0.4) is 0 Å². The molecule has 190 valence electrons. The molecule has 0 aliphatic carbocycles. The normalized spacial score (nSPS) is 12.5. The van der Waals surface area contributed by atoms with Crippen LogP contribution in [-0.2, 0) is 16.4 Å². The SMILES string of the molecule is CC(C)N(CC(O)COc1ccc(C(=O)NCCc2ccc(S(N)(=O)=O)cc2)cc1)C(C)C.Cl. The quantitative estimate of drug-likeness (QED) is 0.401. The van der Waals surface area contributed by atoms with Gasteiger partial charge in [-0.05, 0) is 76.1 Å². The Kier molecular flexibility index (Phi) is 12.0. The molecule has 4 N–H and O–H groups in total. The van der Waals surface area contributed by atoms with Gasteiger partial charge in [0.1, 0.15) is 18.5 Å². The maximum atomic E-state index is 12.4. The first-order chi connectivity index (χ1) is 15.5. The summed E-state index contributed by atoms with van der Waals surface area (Å²) in [6.07, 6.45) is -0.0590. The van der Waals surface area contributed by atoms with E-state index in [0.717, 1.165) is 5.56 Å². The summed E-state index contributed by atoms with van der Waals surface area (Å²) in [7, 11) is -3.71. The Hall–Kier alpha value is -2.17. The summed E-state index contributed by atoms with van der Waals surface area (Å²) in [5.74, 6) is 0.369. The Labute approximate surface area is 209 Å². The van der Waals surface area contributed by atoms with Crippen LogP contribution in [0.2, 0.25) is 0 Å². The van der Waals surface area contributed by atoms with Crippen molar-refractivity contribution >= 4 is 28.3 Å². The molecule has 0 saturated carbocycles. The summed E-state index contributed by atoms with van der Waals surface area (Å²) in [6.45, 7) is 9.50. The topological polar surface area (TPSA) is 122 Å². The third-order valence-electron chi connectivity index (χ3n) is 5.26. The highest BCUT2D eigenvalue weighted by Crippen LogP contribution is 2.14. The van der Waals surface area contributed by atoms with Crippen molar-refractivity contribution in [3.05, 3.63) is 59.7 Å². The molecule has 1 atom stereocenters. The zero-order valence-corrected chi connectivity index (χ0v) is 21.7. The molecule has 8 nitrogen and oxygen atoms in total. The minimum Gasteiger partial charge on any atom is -0.491 e. The van der Waals surface area contributed by atoms with Crippen LogP contribution >= 0.6 is 12.4 Å². The number of nitrogens with zero attached hydrogens (tertiary/aromatic N) is 1. The number of nitrogens with one attached hydrogen (secondary N) is 1. The van der Waals surface area contributed by atoms with Gasteiger partial charge in [0.2, 0.25) is 10.0 Å². The van der Waals surface area contributed by atoms with E-state index >= 15 is 0 Å². The van der Waals surface area contributed by atoms with E-state index in [2.05, 4.69) is 37.9 Å². The lowest BCUT2D eigenvalue weighted by Gasteiger charge is -2.32. The second-order valence-electron chi connectivity index (χ2n) is 8.57. The van der Waals surface area contributed by atoms with E-state index in [1.807, 2.05) is 0 Å². The molecule has 10 heteroatoms. The fourth-order valence-electron chi connectivity index (χ4n) is 3.48. The average molecular weight is 514 g/mol. The van der Waals surface area contributed by atoms with Crippen LogP contribution in [0.25, 0.3) is 0 Å². The Balaban J connectivity index is 0.00000578. The molecular weight excluding hydrogens is 478 g/mol. The van der Waals surface area contributed by atoms with Gasteiger partial charge in [-0.15, -0.1) is 12.4 Å². The first-order valence-electron chi connectivity index (χ1n) is 11.0. The lowest BCUT2D eigenvalue weighted by atomic mass is 10.1. The molecule has 2 aromatic carbocycles. The zero-order chi connectivity index (χ0) is 24.6. The molecule has 2 aromatic rings. The minimum atomic E-state index is -3.71. The van der Waals surface area contributed by atoms with Crippen molar-refractivity contribution < 1.29 is 23.1 Å². The Morgan fingerprint density at radius 1 is 1.03 bits per heavy atom.